The molecule has 0 amide bonds. The maximum absolute atomic E-state index is 4.65. The molecule has 0 saturated heterocycles. The molecule has 0 radical (unpaired) electrons. The second-order valence-electron chi connectivity index (χ2n) is 5.66. The van der Waals surface area contributed by atoms with E-state index in [0.717, 1.165) is 17.8 Å². The third-order valence-electron chi connectivity index (χ3n) is 4.21. The minimum absolute atomic E-state index is 0.680. The molecule has 1 fully saturated rings. The van der Waals surface area contributed by atoms with Gasteiger partial charge in [-0.15, -0.1) is 0 Å². The first kappa shape index (κ1) is 10.8. The Balaban J connectivity index is 1.97. The fourth-order valence-corrected chi connectivity index (χ4v) is 3.26. The Labute approximate surface area is 103 Å². The van der Waals surface area contributed by atoms with Gasteiger partial charge in [0.05, 0.1) is 0 Å². The molecule has 1 saturated carbocycles. The van der Waals surface area contributed by atoms with Crippen molar-refractivity contribution in [3.8, 4) is 0 Å². The molecule has 0 spiro atoms. The average Bonchev–Trinajstić information content (AvgIpc) is 3.00. The van der Waals surface area contributed by atoms with E-state index >= 15 is 0 Å². The van der Waals surface area contributed by atoms with Gasteiger partial charge in [-0.25, -0.2) is 0 Å². The molecule has 0 N–H and O–H groups in total. The second-order valence-corrected chi connectivity index (χ2v) is 5.66. The zero-order valence-corrected chi connectivity index (χ0v) is 10.7. The highest BCUT2D eigenvalue weighted by molar-refractivity contribution is 5.81. The van der Waals surface area contributed by atoms with E-state index < -0.39 is 0 Å². The summed E-state index contributed by atoms with van der Waals surface area (Å²) in [4.78, 5) is 4.65. The van der Waals surface area contributed by atoms with Crippen molar-refractivity contribution in [1.29, 1.82) is 0 Å². The van der Waals surface area contributed by atoms with Crippen LogP contribution in [-0.2, 0) is 0 Å². The van der Waals surface area contributed by atoms with Crippen LogP contribution >= 0.6 is 0 Å². The Bertz CT molecular complexity index is 544. The Morgan fingerprint density at radius 2 is 1.82 bits per heavy atom. The summed E-state index contributed by atoms with van der Waals surface area (Å²) < 4.78 is 0. The monoisotopic (exact) mass is 225 g/mol. The third kappa shape index (κ3) is 1.74. The summed E-state index contributed by atoms with van der Waals surface area (Å²) in [6, 6.07) is 10.8. The fourth-order valence-electron chi connectivity index (χ4n) is 3.26. The summed E-state index contributed by atoms with van der Waals surface area (Å²) in [5, 5.41) is 2.56. The number of nitrogens with zero attached hydrogens (tertiary/aromatic N) is 1. The first-order valence-corrected chi connectivity index (χ1v) is 6.53. The van der Waals surface area contributed by atoms with Gasteiger partial charge in [0, 0.05) is 23.2 Å². The van der Waals surface area contributed by atoms with E-state index in [9.17, 15) is 0 Å². The zero-order valence-electron chi connectivity index (χ0n) is 10.7. The Hall–Kier alpha value is -1.37. The molecule has 0 aliphatic heterocycles. The van der Waals surface area contributed by atoms with Gasteiger partial charge in [0.2, 0.25) is 0 Å². The van der Waals surface area contributed by atoms with Crippen LogP contribution in [0.5, 0.6) is 0 Å². The zero-order chi connectivity index (χ0) is 12.0. The highest BCUT2D eigenvalue weighted by Gasteiger charge is 2.49. The Morgan fingerprint density at radius 3 is 2.47 bits per heavy atom. The Kier molecular flexibility index (Phi) is 2.43. The SMILES string of the molecule is CC(C)C1C(C)C1c1cc2ccccc2cn1. The number of benzene rings is 1. The van der Waals surface area contributed by atoms with Crippen LogP contribution in [0.1, 0.15) is 32.4 Å². The molecular weight excluding hydrogens is 206 g/mol. The Morgan fingerprint density at radius 1 is 1.12 bits per heavy atom. The summed E-state index contributed by atoms with van der Waals surface area (Å²) in [6.45, 7) is 7.00. The lowest BCUT2D eigenvalue weighted by Gasteiger charge is -2.04. The molecule has 17 heavy (non-hydrogen) atoms. The van der Waals surface area contributed by atoms with Crippen LogP contribution in [0.3, 0.4) is 0 Å². The van der Waals surface area contributed by atoms with Gasteiger partial charge in [-0.1, -0.05) is 45.0 Å². The van der Waals surface area contributed by atoms with Crippen LogP contribution in [0.25, 0.3) is 10.8 Å². The average molecular weight is 225 g/mol. The maximum atomic E-state index is 4.65. The van der Waals surface area contributed by atoms with Gasteiger partial charge < -0.3 is 0 Å². The molecular formula is C16H19N. The van der Waals surface area contributed by atoms with Crippen molar-refractivity contribution in [2.24, 2.45) is 17.8 Å². The van der Waals surface area contributed by atoms with Crippen LogP contribution in [-0.4, -0.2) is 4.98 Å². The summed E-state index contributed by atoms with van der Waals surface area (Å²) in [5.74, 6) is 3.07. The molecule has 3 unspecified atom stereocenters. The van der Waals surface area contributed by atoms with E-state index in [4.69, 9.17) is 0 Å². The highest BCUT2D eigenvalue weighted by Crippen LogP contribution is 2.56. The van der Waals surface area contributed by atoms with E-state index in [1.807, 2.05) is 6.20 Å². The van der Waals surface area contributed by atoms with Crippen LogP contribution < -0.4 is 0 Å². The molecule has 1 heteroatoms. The summed E-state index contributed by atoms with van der Waals surface area (Å²) in [6.07, 6.45) is 2.02. The topological polar surface area (TPSA) is 12.9 Å². The van der Waals surface area contributed by atoms with Crippen molar-refractivity contribution in [2.45, 2.75) is 26.7 Å². The minimum atomic E-state index is 0.680. The van der Waals surface area contributed by atoms with Gasteiger partial charge in [0.15, 0.2) is 0 Å². The standard InChI is InChI=1S/C16H19N/c1-10(2)15-11(3)16(15)14-8-12-6-4-5-7-13(12)9-17-14/h4-11,15-16H,1-3H3. The van der Waals surface area contributed by atoms with Gasteiger partial charge >= 0.3 is 0 Å². The molecule has 1 heterocycles. The number of pyridine rings is 1. The lowest BCUT2D eigenvalue weighted by atomic mass is 10.0. The number of hydrogen-bond acceptors (Lipinski definition) is 1. The van der Waals surface area contributed by atoms with Crippen molar-refractivity contribution in [3.05, 3.63) is 42.2 Å². The summed E-state index contributed by atoms with van der Waals surface area (Å²) >= 11 is 0. The molecule has 3 atom stereocenters. The molecule has 1 aromatic carbocycles. The van der Waals surface area contributed by atoms with Gasteiger partial charge in [-0.05, 0) is 29.2 Å². The van der Waals surface area contributed by atoms with Crippen molar-refractivity contribution in [1.82, 2.24) is 4.98 Å². The first-order chi connectivity index (χ1) is 8.18. The number of hydrogen-bond donors (Lipinski definition) is 0. The quantitative estimate of drug-likeness (QED) is 0.745. The van der Waals surface area contributed by atoms with Crippen LogP contribution in [0.4, 0.5) is 0 Å². The van der Waals surface area contributed by atoms with Gasteiger partial charge in [-0.2, -0.15) is 0 Å². The molecule has 1 aliphatic rings. The molecule has 1 aromatic heterocycles. The summed E-state index contributed by atoms with van der Waals surface area (Å²) in [5.41, 5.74) is 1.29. The molecule has 1 nitrogen and oxygen atoms in total. The molecule has 2 aromatic rings. The normalized spacial score (nSPS) is 27.6. The van der Waals surface area contributed by atoms with Crippen molar-refractivity contribution in [2.75, 3.05) is 0 Å². The first-order valence-electron chi connectivity index (χ1n) is 6.53. The smallest absolute Gasteiger partial charge is 0.0446 e. The van der Waals surface area contributed by atoms with Crippen LogP contribution in [0.2, 0.25) is 0 Å². The van der Waals surface area contributed by atoms with E-state index in [1.54, 1.807) is 0 Å². The van der Waals surface area contributed by atoms with Gasteiger partial charge in [0.1, 0.15) is 0 Å². The highest BCUT2D eigenvalue weighted by atomic mass is 14.7. The lowest BCUT2D eigenvalue weighted by Crippen LogP contribution is -1.94. The second kappa shape index (κ2) is 3.83. The van der Waals surface area contributed by atoms with E-state index in [-0.39, 0.29) is 0 Å². The van der Waals surface area contributed by atoms with Gasteiger partial charge in [-0.3, -0.25) is 4.98 Å². The molecule has 88 valence electrons. The van der Waals surface area contributed by atoms with Crippen molar-refractivity contribution >= 4 is 10.8 Å². The number of aromatic nitrogens is 1. The number of rotatable bonds is 2. The van der Waals surface area contributed by atoms with E-state index in [0.29, 0.717) is 5.92 Å². The predicted molar refractivity (Wildman–Crippen MR) is 72.0 cm³/mol. The fraction of sp³-hybridized carbons (Fsp3) is 0.438. The molecule has 0 bridgehead atoms. The predicted octanol–water partition coefficient (Wildman–Crippen LogP) is 4.24. The minimum Gasteiger partial charge on any atom is -0.260 e. The third-order valence-corrected chi connectivity index (χ3v) is 4.21. The molecule has 1 aliphatic carbocycles. The largest absolute Gasteiger partial charge is 0.260 e. The van der Waals surface area contributed by atoms with Crippen molar-refractivity contribution < 1.29 is 0 Å². The van der Waals surface area contributed by atoms with Crippen molar-refractivity contribution in [3.63, 3.8) is 0 Å². The molecule has 3 rings (SSSR count). The van der Waals surface area contributed by atoms with Crippen LogP contribution in [0, 0.1) is 17.8 Å². The summed E-state index contributed by atoms with van der Waals surface area (Å²) in [7, 11) is 0. The lowest BCUT2D eigenvalue weighted by molar-refractivity contribution is 0.523. The van der Waals surface area contributed by atoms with Gasteiger partial charge in [0.25, 0.3) is 0 Å². The van der Waals surface area contributed by atoms with E-state index in [2.05, 4.69) is 56.1 Å². The van der Waals surface area contributed by atoms with E-state index in [1.165, 1.54) is 16.5 Å². The maximum Gasteiger partial charge on any atom is 0.0446 e. The van der Waals surface area contributed by atoms with Crippen LogP contribution in [0.15, 0.2) is 36.5 Å². The number of fused-ring (bicyclic) bond motifs is 1.